The number of ether oxygens (including phenoxy) is 1. The normalized spacial score (nSPS) is 12.7. The summed E-state index contributed by atoms with van der Waals surface area (Å²) >= 11 is 3.35. The Hall–Kier alpha value is -3.37. The Morgan fingerprint density at radius 3 is 2.10 bits per heavy atom. The van der Waals surface area contributed by atoms with Crippen molar-refractivity contribution in [3.8, 4) is 5.75 Å². The number of rotatable bonds is 14. The van der Waals surface area contributed by atoms with Gasteiger partial charge in [0.05, 0.1) is 17.2 Å². The molecular weight excluding hydrogens is 606 g/mol. The third-order valence-electron chi connectivity index (χ3n) is 6.70. The van der Waals surface area contributed by atoms with E-state index in [1.165, 1.54) is 17.0 Å². The van der Waals surface area contributed by atoms with E-state index in [-0.39, 0.29) is 23.4 Å². The van der Waals surface area contributed by atoms with Crippen LogP contribution in [-0.4, -0.2) is 50.4 Å². The maximum Gasteiger partial charge on any atom is 0.264 e. The predicted octanol–water partition coefficient (Wildman–Crippen LogP) is 5.77. The van der Waals surface area contributed by atoms with E-state index < -0.39 is 28.5 Å². The van der Waals surface area contributed by atoms with Crippen molar-refractivity contribution in [1.29, 1.82) is 0 Å². The van der Waals surface area contributed by atoms with Crippen LogP contribution in [0, 0.1) is 0 Å². The van der Waals surface area contributed by atoms with Gasteiger partial charge in [0, 0.05) is 17.1 Å². The Balaban J connectivity index is 2.04. The molecule has 0 bridgehead atoms. The first kappa shape index (κ1) is 32.1. The van der Waals surface area contributed by atoms with Crippen molar-refractivity contribution in [3.63, 3.8) is 0 Å². The van der Waals surface area contributed by atoms with Gasteiger partial charge in [-0.1, -0.05) is 60.1 Å². The Bertz CT molecular complexity index is 1380. The number of halogens is 1. The van der Waals surface area contributed by atoms with E-state index in [0.29, 0.717) is 24.5 Å². The predicted molar refractivity (Wildman–Crippen MR) is 165 cm³/mol. The van der Waals surface area contributed by atoms with Crippen LogP contribution in [0.2, 0.25) is 0 Å². The van der Waals surface area contributed by atoms with Gasteiger partial charge in [-0.25, -0.2) is 8.42 Å². The highest BCUT2D eigenvalue weighted by Crippen LogP contribution is 2.27. The fourth-order valence-corrected chi connectivity index (χ4v) is 5.96. The lowest BCUT2D eigenvalue weighted by Crippen LogP contribution is -2.53. The monoisotopic (exact) mass is 643 g/mol. The molecule has 3 aromatic carbocycles. The second-order valence-electron chi connectivity index (χ2n) is 9.64. The van der Waals surface area contributed by atoms with Gasteiger partial charge in [-0.15, -0.1) is 0 Å². The van der Waals surface area contributed by atoms with Crippen LogP contribution < -0.4 is 14.4 Å². The first-order valence-electron chi connectivity index (χ1n) is 13.8. The molecular formula is C31H38BrN3O5S. The number of benzene rings is 3. The van der Waals surface area contributed by atoms with Crippen molar-refractivity contribution in [1.82, 2.24) is 10.2 Å². The number of sulfonamides is 1. The van der Waals surface area contributed by atoms with E-state index in [4.69, 9.17) is 4.74 Å². The van der Waals surface area contributed by atoms with Crippen LogP contribution in [0.25, 0.3) is 0 Å². The number of nitrogens with one attached hydrogen (secondary N) is 1. The van der Waals surface area contributed by atoms with Crippen LogP contribution in [0.4, 0.5) is 5.69 Å². The number of hydrogen-bond acceptors (Lipinski definition) is 5. The molecule has 0 radical (unpaired) electrons. The Morgan fingerprint density at radius 1 is 0.902 bits per heavy atom. The molecule has 0 heterocycles. The number of amides is 2. The van der Waals surface area contributed by atoms with Crippen LogP contribution >= 0.6 is 15.9 Å². The number of carbonyl (C=O) groups excluding carboxylic acids is 2. The molecule has 0 fully saturated rings. The molecule has 41 heavy (non-hydrogen) atoms. The SMILES string of the molecule is CCOc1ccc(N(CC(=O)N(Cc2ccccc2)C(CC)C(=O)NC(C)CC)S(=O)(=O)c2ccc(Br)cc2)cc1. The first-order valence-corrected chi connectivity index (χ1v) is 16.0. The Labute approximate surface area is 251 Å². The maximum atomic E-state index is 14.1. The fourth-order valence-electron chi connectivity index (χ4n) is 4.28. The van der Waals surface area contributed by atoms with Gasteiger partial charge >= 0.3 is 0 Å². The lowest BCUT2D eigenvalue weighted by molar-refractivity contribution is -0.140. The zero-order valence-corrected chi connectivity index (χ0v) is 26.3. The second kappa shape index (κ2) is 15.0. The summed E-state index contributed by atoms with van der Waals surface area (Å²) in [6, 6.07) is 21.3. The molecule has 2 amide bonds. The Morgan fingerprint density at radius 2 is 1.54 bits per heavy atom. The van der Waals surface area contributed by atoms with Crippen LogP contribution in [0.5, 0.6) is 5.75 Å². The molecule has 1 N–H and O–H groups in total. The van der Waals surface area contributed by atoms with Gasteiger partial charge in [0.15, 0.2) is 0 Å². The molecule has 0 spiro atoms. The average Bonchev–Trinajstić information content (AvgIpc) is 2.97. The van der Waals surface area contributed by atoms with Crippen LogP contribution in [0.1, 0.15) is 46.1 Å². The summed E-state index contributed by atoms with van der Waals surface area (Å²) in [4.78, 5) is 28.9. The fraction of sp³-hybridized carbons (Fsp3) is 0.355. The van der Waals surface area contributed by atoms with Gasteiger partial charge in [-0.05, 0) is 80.8 Å². The molecule has 2 atom stereocenters. The largest absolute Gasteiger partial charge is 0.494 e. The summed E-state index contributed by atoms with van der Waals surface area (Å²) in [5, 5.41) is 2.98. The van der Waals surface area contributed by atoms with E-state index >= 15 is 0 Å². The topological polar surface area (TPSA) is 96.0 Å². The summed E-state index contributed by atoms with van der Waals surface area (Å²) in [6.07, 6.45) is 1.11. The van der Waals surface area contributed by atoms with Crippen molar-refractivity contribution in [2.45, 2.75) is 64.1 Å². The van der Waals surface area contributed by atoms with Crippen LogP contribution in [0.15, 0.2) is 88.2 Å². The van der Waals surface area contributed by atoms with Crippen LogP contribution in [0.3, 0.4) is 0 Å². The van der Waals surface area contributed by atoms with Crippen molar-refractivity contribution in [2.24, 2.45) is 0 Å². The summed E-state index contributed by atoms with van der Waals surface area (Å²) in [5.41, 5.74) is 1.14. The van der Waals surface area contributed by atoms with Gasteiger partial charge in [-0.2, -0.15) is 0 Å². The second-order valence-corrected chi connectivity index (χ2v) is 12.4. The van der Waals surface area contributed by atoms with Gasteiger partial charge in [0.25, 0.3) is 10.0 Å². The molecule has 3 rings (SSSR count). The standard InChI is InChI=1S/C31H38BrN3O5S/c1-5-23(4)33-31(37)29(6-2)34(21-24-11-9-8-10-12-24)30(36)22-35(26-15-17-27(18-16-26)40-7-3)41(38,39)28-19-13-25(32)14-20-28/h8-20,23,29H,5-7,21-22H2,1-4H3,(H,33,37). The molecule has 0 saturated heterocycles. The molecule has 0 aromatic heterocycles. The minimum Gasteiger partial charge on any atom is -0.494 e. The quantitative estimate of drug-likeness (QED) is 0.241. The van der Waals surface area contributed by atoms with Crippen LogP contribution in [-0.2, 0) is 26.2 Å². The first-order chi connectivity index (χ1) is 19.6. The van der Waals surface area contributed by atoms with E-state index in [0.717, 1.165) is 20.8 Å². The van der Waals surface area contributed by atoms with E-state index in [1.54, 1.807) is 36.4 Å². The summed E-state index contributed by atoms with van der Waals surface area (Å²) in [7, 11) is -4.15. The highest BCUT2D eigenvalue weighted by molar-refractivity contribution is 9.10. The molecule has 2 unspecified atom stereocenters. The van der Waals surface area contributed by atoms with Gasteiger partial charge in [-0.3, -0.25) is 13.9 Å². The average molecular weight is 645 g/mol. The molecule has 220 valence electrons. The molecule has 0 aliphatic heterocycles. The highest BCUT2D eigenvalue weighted by atomic mass is 79.9. The van der Waals surface area contributed by atoms with Gasteiger partial charge < -0.3 is 15.0 Å². The molecule has 0 aliphatic carbocycles. The molecule has 3 aromatic rings. The number of hydrogen-bond donors (Lipinski definition) is 1. The number of carbonyl (C=O) groups is 2. The van der Waals surface area contributed by atoms with Crippen molar-refractivity contribution in [2.75, 3.05) is 17.5 Å². The van der Waals surface area contributed by atoms with Crippen molar-refractivity contribution >= 4 is 43.5 Å². The lowest BCUT2D eigenvalue weighted by Gasteiger charge is -2.33. The zero-order chi connectivity index (χ0) is 30.0. The molecule has 0 saturated carbocycles. The number of nitrogens with zero attached hydrogens (tertiary/aromatic N) is 2. The van der Waals surface area contributed by atoms with Crippen molar-refractivity contribution in [3.05, 3.63) is 88.9 Å². The third kappa shape index (κ3) is 8.56. The van der Waals surface area contributed by atoms with Crippen molar-refractivity contribution < 1.29 is 22.7 Å². The maximum absolute atomic E-state index is 14.1. The highest BCUT2D eigenvalue weighted by Gasteiger charge is 2.34. The molecule has 10 heteroatoms. The zero-order valence-electron chi connectivity index (χ0n) is 23.9. The summed E-state index contributed by atoms with van der Waals surface area (Å²) in [6.45, 7) is 7.71. The van der Waals surface area contributed by atoms with Gasteiger partial charge in [0.1, 0.15) is 18.3 Å². The van der Waals surface area contributed by atoms with E-state index in [2.05, 4.69) is 21.2 Å². The summed E-state index contributed by atoms with van der Waals surface area (Å²) in [5.74, 6) is -0.175. The third-order valence-corrected chi connectivity index (χ3v) is 9.02. The smallest absolute Gasteiger partial charge is 0.264 e. The molecule has 0 aliphatic rings. The number of anilines is 1. The molecule has 8 nitrogen and oxygen atoms in total. The lowest BCUT2D eigenvalue weighted by atomic mass is 10.1. The minimum atomic E-state index is -4.15. The Kier molecular flexibility index (Phi) is 11.8. The summed E-state index contributed by atoms with van der Waals surface area (Å²) < 4.78 is 35.3. The minimum absolute atomic E-state index is 0.0403. The van der Waals surface area contributed by atoms with E-state index in [9.17, 15) is 18.0 Å². The van der Waals surface area contributed by atoms with Gasteiger partial charge in [0.2, 0.25) is 11.8 Å². The van der Waals surface area contributed by atoms with E-state index in [1.807, 2.05) is 58.0 Å².